The van der Waals surface area contributed by atoms with Crippen molar-refractivity contribution >= 4 is 9.84 Å². The van der Waals surface area contributed by atoms with Gasteiger partial charge >= 0.3 is 0 Å². The number of sulfone groups is 1. The number of likely N-dealkylation sites (tertiary alicyclic amines) is 1. The molecule has 2 rings (SSSR count). The standard InChI is InChI=1S/C16H26N2O2S/c1-21(19,20)16-8-6-15(7-9-16)14-17-10-5-13-18-11-3-2-4-12-18/h6-9,17H,2-5,10-14H2,1H3. The molecule has 0 aliphatic carbocycles. The summed E-state index contributed by atoms with van der Waals surface area (Å²) in [6, 6.07) is 7.13. The van der Waals surface area contributed by atoms with E-state index in [1.165, 1.54) is 51.6 Å². The van der Waals surface area contributed by atoms with Gasteiger partial charge in [-0.15, -0.1) is 0 Å². The van der Waals surface area contributed by atoms with Gasteiger partial charge in [0.15, 0.2) is 9.84 Å². The van der Waals surface area contributed by atoms with E-state index >= 15 is 0 Å². The quantitative estimate of drug-likeness (QED) is 0.783. The molecule has 0 spiro atoms. The first kappa shape index (κ1) is 16.5. The lowest BCUT2D eigenvalue weighted by Gasteiger charge is -2.26. The van der Waals surface area contributed by atoms with E-state index in [0.29, 0.717) is 4.90 Å². The van der Waals surface area contributed by atoms with Crippen LogP contribution in [0.4, 0.5) is 0 Å². The van der Waals surface area contributed by atoms with Gasteiger partial charge in [-0.1, -0.05) is 18.6 Å². The zero-order chi connectivity index (χ0) is 15.1. The Morgan fingerprint density at radius 3 is 2.38 bits per heavy atom. The van der Waals surface area contributed by atoms with Crippen LogP contribution in [0.3, 0.4) is 0 Å². The molecule has 1 heterocycles. The molecule has 1 saturated heterocycles. The second-order valence-electron chi connectivity index (χ2n) is 5.85. The molecule has 21 heavy (non-hydrogen) atoms. The molecule has 0 radical (unpaired) electrons. The number of nitrogens with one attached hydrogen (secondary N) is 1. The van der Waals surface area contributed by atoms with Crippen molar-refractivity contribution in [1.29, 1.82) is 0 Å². The smallest absolute Gasteiger partial charge is 0.175 e. The molecular formula is C16H26N2O2S. The third-order valence-corrected chi connectivity index (χ3v) is 5.09. The first-order chi connectivity index (χ1) is 10.1. The van der Waals surface area contributed by atoms with Gasteiger partial charge in [0, 0.05) is 12.8 Å². The highest BCUT2D eigenvalue weighted by Gasteiger charge is 2.09. The molecule has 5 heteroatoms. The Morgan fingerprint density at radius 1 is 1.10 bits per heavy atom. The van der Waals surface area contributed by atoms with E-state index in [4.69, 9.17) is 0 Å². The number of hydrogen-bond donors (Lipinski definition) is 1. The molecule has 0 amide bonds. The molecule has 0 saturated carbocycles. The Morgan fingerprint density at radius 2 is 1.76 bits per heavy atom. The summed E-state index contributed by atoms with van der Waals surface area (Å²) in [5.74, 6) is 0. The van der Waals surface area contributed by atoms with Gasteiger partial charge in [0.25, 0.3) is 0 Å². The zero-order valence-electron chi connectivity index (χ0n) is 12.8. The SMILES string of the molecule is CS(=O)(=O)c1ccc(CNCCCN2CCCCC2)cc1. The minimum Gasteiger partial charge on any atom is -0.313 e. The molecule has 0 unspecified atom stereocenters. The Hall–Kier alpha value is -0.910. The van der Waals surface area contributed by atoms with E-state index in [9.17, 15) is 8.42 Å². The van der Waals surface area contributed by atoms with Crippen molar-refractivity contribution in [2.45, 2.75) is 37.1 Å². The predicted molar refractivity (Wildman–Crippen MR) is 86.2 cm³/mol. The van der Waals surface area contributed by atoms with E-state index in [2.05, 4.69) is 10.2 Å². The topological polar surface area (TPSA) is 49.4 Å². The summed E-state index contributed by atoms with van der Waals surface area (Å²) in [4.78, 5) is 2.93. The minimum absolute atomic E-state index is 0.386. The monoisotopic (exact) mass is 310 g/mol. The molecule has 0 atom stereocenters. The molecule has 1 aromatic rings. The van der Waals surface area contributed by atoms with Gasteiger partial charge in [-0.2, -0.15) is 0 Å². The van der Waals surface area contributed by atoms with Gasteiger partial charge < -0.3 is 10.2 Å². The third-order valence-electron chi connectivity index (χ3n) is 3.96. The van der Waals surface area contributed by atoms with Crippen molar-refractivity contribution in [2.24, 2.45) is 0 Å². The van der Waals surface area contributed by atoms with Crippen LogP contribution < -0.4 is 5.32 Å². The van der Waals surface area contributed by atoms with Gasteiger partial charge in [0.1, 0.15) is 0 Å². The fourth-order valence-electron chi connectivity index (χ4n) is 2.70. The maximum absolute atomic E-state index is 11.4. The van der Waals surface area contributed by atoms with E-state index < -0.39 is 9.84 Å². The maximum Gasteiger partial charge on any atom is 0.175 e. The number of piperidine rings is 1. The first-order valence-electron chi connectivity index (χ1n) is 7.78. The summed E-state index contributed by atoms with van der Waals surface area (Å²) in [6.07, 6.45) is 6.49. The highest BCUT2D eigenvalue weighted by Crippen LogP contribution is 2.10. The highest BCUT2D eigenvalue weighted by molar-refractivity contribution is 7.90. The number of nitrogens with zero attached hydrogens (tertiary/aromatic N) is 1. The van der Waals surface area contributed by atoms with Crippen LogP contribution in [0, 0.1) is 0 Å². The molecular weight excluding hydrogens is 284 g/mol. The van der Waals surface area contributed by atoms with Crippen LogP contribution in [0.1, 0.15) is 31.2 Å². The van der Waals surface area contributed by atoms with Crippen LogP contribution in [0.25, 0.3) is 0 Å². The Balaban J connectivity index is 1.64. The zero-order valence-corrected chi connectivity index (χ0v) is 13.7. The van der Waals surface area contributed by atoms with Crippen LogP contribution in [0.2, 0.25) is 0 Å². The normalized spacial score (nSPS) is 17.0. The van der Waals surface area contributed by atoms with E-state index in [1.54, 1.807) is 12.1 Å². The summed E-state index contributed by atoms with van der Waals surface area (Å²) >= 11 is 0. The number of rotatable bonds is 7. The lowest BCUT2D eigenvalue weighted by atomic mass is 10.1. The summed E-state index contributed by atoms with van der Waals surface area (Å²) < 4.78 is 22.7. The largest absolute Gasteiger partial charge is 0.313 e. The molecule has 1 aliphatic heterocycles. The summed E-state index contributed by atoms with van der Waals surface area (Å²) in [6.45, 7) is 5.49. The van der Waals surface area contributed by atoms with Crippen molar-refractivity contribution in [2.75, 3.05) is 32.4 Å². The minimum atomic E-state index is -3.09. The summed E-state index contributed by atoms with van der Waals surface area (Å²) in [7, 11) is -3.09. The van der Waals surface area contributed by atoms with Crippen LogP contribution >= 0.6 is 0 Å². The fourth-order valence-corrected chi connectivity index (χ4v) is 3.33. The van der Waals surface area contributed by atoms with E-state index in [1.807, 2.05) is 12.1 Å². The van der Waals surface area contributed by atoms with Crippen LogP contribution in [0.5, 0.6) is 0 Å². The van der Waals surface area contributed by atoms with Crippen molar-refractivity contribution < 1.29 is 8.42 Å². The van der Waals surface area contributed by atoms with E-state index in [-0.39, 0.29) is 0 Å². The summed E-state index contributed by atoms with van der Waals surface area (Å²) in [5.41, 5.74) is 1.13. The molecule has 1 fully saturated rings. The second-order valence-corrected chi connectivity index (χ2v) is 7.86. The number of hydrogen-bond acceptors (Lipinski definition) is 4. The highest BCUT2D eigenvalue weighted by atomic mass is 32.2. The van der Waals surface area contributed by atoms with Crippen LogP contribution in [-0.2, 0) is 16.4 Å². The second kappa shape index (κ2) is 7.92. The van der Waals surface area contributed by atoms with Gasteiger partial charge in [-0.3, -0.25) is 0 Å². The first-order valence-corrected chi connectivity index (χ1v) is 9.67. The molecule has 0 aromatic heterocycles. The van der Waals surface area contributed by atoms with Gasteiger partial charge in [0.05, 0.1) is 4.90 Å². The van der Waals surface area contributed by atoms with Crippen molar-refractivity contribution in [3.63, 3.8) is 0 Å². The lowest BCUT2D eigenvalue weighted by molar-refractivity contribution is 0.225. The molecule has 118 valence electrons. The van der Waals surface area contributed by atoms with Crippen LogP contribution in [-0.4, -0.2) is 45.8 Å². The predicted octanol–water partition coefficient (Wildman–Crippen LogP) is 2.06. The fraction of sp³-hybridized carbons (Fsp3) is 0.625. The van der Waals surface area contributed by atoms with Gasteiger partial charge in [-0.05, 0) is 63.1 Å². The van der Waals surface area contributed by atoms with Crippen molar-refractivity contribution in [3.8, 4) is 0 Å². The lowest BCUT2D eigenvalue weighted by Crippen LogP contribution is -2.32. The molecule has 0 bridgehead atoms. The maximum atomic E-state index is 11.4. The van der Waals surface area contributed by atoms with Crippen molar-refractivity contribution in [3.05, 3.63) is 29.8 Å². The van der Waals surface area contributed by atoms with Gasteiger partial charge in [-0.25, -0.2) is 8.42 Å². The Bertz CT molecular complexity index is 520. The molecule has 4 nitrogen and oxygen atoms in total. The van der Waals surface area contributed by atoms with Crippen LogP contribution in [0.15, 0.2) is 29.2 Å². The molecule has 1 aromatic carbocycles. The number of benzene rings is 1. The average molecular weight is 310 g/mol. The summed E-state index contributed by atoms with van der Waals surface area (Å²) in [5, 5.41) is 3.42. The molecule has 1 aliphatic rings. The third kappa shape index (κ3) is 5.77. The Kier molecular flexibility index (Phi) is 6.21. The average Bonchev–Trinajstić information content (AvgIpc) is 2.47. The van der Waals surface area contributed by atoms with Crippen molar-refractivity contribution in [1.82, 2.24) is 10.2 Å². The van der Waals surface area contributed by atoms with Gasteiger partial charge in [0.2, 0.25) is 0 Å². The molecule has 1 N–H and O–H groups in total. The Labute approximate surface area is 128 Å². The van der Waals surface area contributed by atoms with E-state index in [0.717, 1.165) is 18.7 Å².